The van der Waals surface area contributed by atoms with E-state index in [4.69, 9.17) is 0 Å². The summed E-state index contributed by atoms with van der Waals surface area (Å²) in [6.45, 7) is 3.32. The highest BCUT2D eigenvalue weighted by molar-refractivity contribution is 5.83. The zero-order valence-corrected chi connectivity index (χ0v) is 11.8. The number of nitrogens with one attached hydrogen (secondary N) is 2. The van der Waals surface area contributed by atoms with Crippen molar-refractivity contribution >= 4 is 10.9 Å². The predicted octanol–water partition coefficient (Wildman–Crippen LogP) is 3.81. The van der Waals surface area contributed by atoms with Gasteiger partial charge in [-0.25, -0.2) is 0 Å². The van der Waals surface area contributed by atoms with Crippen LogP contribution in [-0.2, 0) is 12.8 Å². The van der Waals surface area contributed by atoms with E-state index < -0.39 is 0 Å². The molecule has 0 bridgehead atoms. The molecule has 1 aliphatic rings. The van der Waals surface area contributed by atoms with Crippen LogP contribution in [0.15, 0.2) is 24.4 Å². The minimum Gasteiger partial charge on any atom is -0.361 e. The average Bonchev–Trinajstić information content (AvgIpc) is 3.08. The highest BCUT2D eigenvalue weighted by Gasteiger charge is 2.13. The van der Waals surface area contributed by atoms with Crippen molar-refractivity contribution in [3.8, 4) is 0 Å². The molecule has 0 aliphatic heterocycles. The first-order chi connectivity index (χ1) is 9.36. The summed E-state index contributed by atoms with van der Waals surface area (Å²) in [5.74, 6) is 0. The number of rotatable bonds is 5. The molecule has 1 fully saturated rings. The van der Waals surface area contributed by atoms with Crippen LogP contribution in [0.1, 0.15) is 43.7 Å². The Morgan fingerprint density at radius 2 is 2.11 bits per heavy atom. The van der Waals surface area contributed by atoms with Crippen molar-refractivity contribution in [2.24, 2.45) is 0 Å². The van der Waals surface area contributed by atoms with E-state index in [0.29, 0.717) is 0 Å². The summed E-state index contributed by atoms with van der Waals surface area (Å²) in [5.41, 5.74) is 4.15. The molecule has 0 spiro atoms. The van der Waals surface area contributed by atoms with E-state index in [0.717, 1.165) is 25.4 Å². The molecule has 0 atom stereocenters. The second-order valence-electron chi connectivity index (χ2n) is 5.73. The molecule has 2 aromatic rings. The largest absolute Gasteiger partial charge is 0.361 e. The highest BCUT2D eigenvalue weighted by Crippen LogP contribution is 2.21. The fourth-order valence-corrected chi connectivity index (χ4v) is 3.19. The first-order valence-corrected chi connectivity index (χ1v) is 7.69. The van der Waals surface area contributed by atoms with E-state index in [2.05, 4.69) is 41.6 Å². The van der Waals surface area contributed by atoms with E-state index in [1.807, 2.05) is 0 Å². The van der Waals surface area contributed by atoms with Crippen molar-refractivity contribution in [2.45, 2.75) is 51.5 Å². The van der Waals surface area contributed by atoms with Gasteiger partial charge in [-0.3, -0.25) is 0 Å². The molecule has 102 valence electrons. The smallest absolute Gasteiger partial charge is 0.0456 e. The molecule has 2 N–H and O–H groups in total. The minimum absolute atomic E-state index is 0.774. The lowest BCUT2D eigenvalue weighted by atomic mass is 10.1. The van der Waals surface area contributed by atoms with Crippen LogP contribution in [0.3, 0.4) is 0 Å². The van der Waals surface area contributed by atoms with Gasteiger partial charge in [-0.1, -0.05) is 25.8 Å². The molecule has 2 nitrogen and oxygen atoms in total. The number of aromatic nitrogens is 1. The maximum absolute atomic E-state index is 3.70. The summed E-state index contributed by atoms with van der Waals surface area (Å²) < 4.78 is 0. The summed E-state index contributed by atoms with van der Waals surface area (Å²) in [5, 5.41) is 5.11. The Kier molecular flexibility index (Phi) is 3.88. The molecular weight excluding hydrogens is 232 g/mol. The van der Waals surface area contributed by atoms with Crippen molar-refractivity contribution in [3.05, 3.63) is 35.5 Å². The molecule has 1 heterocycles. The summed E-state index contributed by atoms with van der Waals surface area (Å²) in [6, 6.07) is 7.55. The van der Waals surface area contributed by atoms with Gasteiger partial charge >= 0.3 is 0 Å². The average molecular weight is 256 g/mol. The van der Waals surface area contributed by atoms with Gasteiger partial charge in [0.05, 0.1) is 0 Å². The monoisotopic (exact) mass is 256 g/mol. The van der Waals surface area contributed by atoms with Gasteiger partial charge in [-0.05, 0) is 55.5 Å². The standard InChI is InChI=1S/C17H24N2/c1-2-13-7-8-17-16(11-13)14(12-19-17)9-10-18-15-5-3-4-6-15/h7-8,11-12,15,18-19H,2-6,9-10H2,1H3. The minimum atomic E-state index is 0.774. The van der Waals surface area contributed by atoms with Crippen molar-refractivity contribution < 1.29 is 0 Å². The zero-order chi connectivity index (χ0) is 13.1. The van der Waals surface area contributed by atoms with Gasteiger partial charge < -0.3 is 10.3 Å². The number of aryl methyl sites for hydroxylation is 1. The number of fused-ring (bicyclic) bond motifs is 1. The Morgan fingerprint density at radius 1 is 1.26 bits per heavy atom. The first kappa shape index (κ1) is 12.7. The van der Waals surface area contributed by atoms with Gasteiger partial charge in [0.15, 0.2) is 0 Å². The second kappa shape index (κ2) is 5.79. The van der Waals surface area contributed by atoms with E-state index in [9.17, 15) is 0 Å². The third-order valence-corrected chi connectivity index (χ3v) is 4.42. The first-order valence-electron chi connectivity index (χ1n) is 7.69. The summed E-state index contributed by atoms with van der Waals surface area (Å²) in [6.07, 6.45) is 9.97. The van der Waals surface area contributed by atoms with Crippen LogP contribution in [0.25, 0.3) is 10.9 Å². The lowest BCUT2D eigenvalue weighted by Crippen LogP contribution is -2.27. The zero-order valence-electron chi connectivity index (χ0n) is 11.8. The third-order valence-electron chi connectivity index (χ3n) is 4.42. The number of hydrogen-bond donors (Lipinski definition) is 2. The number of benzene rings is 1. The quantitative estimate of drug-likeness (QED) is 0.836. The summed E-state index contributed by atoms with van der Waals surface area (Å²) >= 11 is 0. The lowest BCUT2D eigenvalue weighted by Gasteiger charge is -2.11. The maximum Gasteiger partial charge on any atom is 0.0456 e. The van der Waals surface area contributed by atoms with Crippen molar-refractivity contribution in [3.63, 3.8) is 0 Å². The second-order valence-corrected chi connectivity index (χ2v) is 5.73. The van der Waals surface area contributed by atoms with Gasteiger partial charge in [0.1, 0.15) is 0 Å². The van der Waals surface area contributed by atoms with E-state index >= 15 is 0 Å². The molecule has 1 aromatic carbocycles. The molecule has 3 rings (SSSR count). The van der Waals surface area contributed by atoms with Gasteiger partial charge in [-0.15, -0.1) is 0 Å². The molecule has 0 radical (unpaired) electrons. The molecule has 19 heavy (non-hydrogen) atoms. The van der Waals surface area contributed by atoms with Gasteiger partial charge in [0.2, 0.25) is 0 Å². The topological polar surface area (TPSA) is 27.8 Å². The molecule has 1 aromatic heterocycles. The number of aromatic amines is 1. The molecule has 2 heteroatoms. The molecule has 0 unspecified atom stereocenters. The normalized spacial score (nSPS) is 16.5. The Morgan fingerprint density at radius 3 is 2.89 bits per heavy atom. The van der Waals surface area contributed by atoms with E-state index in [-0.39, 0.29) is 0 Å². The van der Waals surface area contributed by atoms with Crippen LogP contribution in [0.5, 0.6) is 0 Å². The van der Waals surface area contributed by atoms with E-state index in [1.165, 1.54) is 47.7 Å². The summed E-state index contributed by atoms with van der Waals surface area (Å²) in [7, 11) is 0. The molecular formula is C17H24N2. The Bertz CT molecular complexity index is 535. The number of hydrogen-bond acceptors (Lipinski definition) is 1. The van der Waals surface area contributed by atoms with Gasteiger partial charge in [-0.2, -0.15) is 0 Å². The van der Waals surface area contributed by atoms with Crippen molar-refractivity contribution in [2.75, 3.05) is 6.54 Å². The Balaban J connectivity index is 1.66. The summed E-state index contributed by atoms with van der Waals surface area (Å²) in [4.78, 5) is 3.39. The van der Waals surface area contributed by atoms with E-state index in [1.54, 1.807) is 0 Å². The maximum atomic E-state index is 3.70. The SMILES string of the molecule is CCc1ccc2[nH]cc(CCNC3CCCC3)c2c1. The van der Waals surface area contributed by atoms with Crippen LogP contribution in [0.2, 0.25) is 0 Å². The van der Waals surface area contributed by atoms with Crippen LogP contribution in [0, 0.1) is 0 Å². The fraction of sp³-hybridized carbons (Fsp3) is 0.529. The predicted molar refractivity (Wildman–Crippen MR) is 81.6 cm³/mol. The van der Waals surface area contributed by atoms with Crippen molar-refractivity contribution in [1.82, 2.24) is 10.3 Å². The molecule has 0 saturated heterocycles. The molecule has 0 amide bonds. The van der Waals surface area contributed by atoms with Crippen LogP contribution in [0.4, 0.5) is 0 Å². The number of H-pyrrole nitrogens is 1. The van der Waals surface area contributed by atoms with Gasteiger partial charge in [0, 0.05) is 23.1 Å². The molecule has 1 aliphatic carbocycles. The van der Waals surface area contributed by atoms with Crippen molar-refractivity contribution in [1.29, 1.82) is 0 Å². The lowest BCUT2D eigenvalue weighted by molar-refractivity contribution is 0.528. The Labute approximate surface area is 115 Å². The fourth-order valence-electron chi connectivity index (χ4n) is 3.19. The van der Waals surface area contributed by atoms with Gasteiger partial charge in [0.25, 0.3) is 0 Å². The van der Waals surface area contributed by atoms with Crippen LogP contribution < -0.4 is 5.32 Å². The highest BCUT2D eigenvalue weighted by atomic mass is 14.9. The Hall–Kier alpha value is -1.28. The van der Waals surface area contributed by atoms with Crippen LogP contribution >= 0.6 is 0 Å². The molecule has 1 saturated carbocycles. The van der Waals surface area contributed by atoms with Crippen LogP contribution in [-0.4, -0.2) is 17.6 Å². The third kappa shape index (κ3) is 2.84.